The van der Waals surface area contributed by atoms with Gasteiger partial charge in [-0.3, -0.25) is 14.7 Å². The first-order chi connectivity index (χ1) is 22.0. The average Bonchev–Trinajstić information content (AvgIpc) is 3.58. The van der Waals surface area contributed by atoms with E-state index in [2.05, 4.69) is 37.6 Å². The van der Waals surface area contributed by atoms with Gasteiger partial charge in [0.25, 0.3) is 5.91 Å². The molecule has 1 atom stereocenters. The number of nitrogens with two attached hydrogens (primary N) is 1. The maximum Gasteiger partial charge on any atom is 0.319 e. The van der Waals surface area contributed by atoms with Gasteiger partial charge in [-0.2, -0.15) is 5.10 Å². The van der Waals surface area contributed by atoms with Gasteiger partial charge in [0.1, 0.15) is 0 Å². The van der Waals surface area contributed by atoms with Crippen LogP contribution in [0.25, 0.3) is 0 Å². The predicted octanol–water partition coefficient (Wildman–Crippen LogP) is 5.57. The Bertz CT molecular complexity index is 1420. The van der Waals surface area contributed by atoms with Gasteiger partial charge in [-0.25, -0.2) is 4.79 Å². The Kier molecular flexibility index (Phi) is 13.4. The first kappa shape index (κ1) is 35.8. The minimum Gasteiger partial charge on any atom is -0.382 e. The number of hydrogen-bond acceptors (Lipinski definition) is 6. The lowest BCUT2D eigenvalue weighted by Crippen LogP contribution is -2.48. The molecule has 0 spiro atoms. The normalized spacial score (nSPS) is 15.2. The first-order valence-corrected chi connectivity index (χ1v) is 15.8. The van der Waals surface area contributed by atoms with Crippen molar-refractivity contribution in [2.24, 2.45) is 0 Å². The van der Waals surface area contributed by atoms with Gasteiger partial charge < -0.3 is 31.5 Å². The fourth-order valence-corrected chi connectivity index (χ4v) is 5.48. The summed E-state index contributed by atoms with van der Waals surface area (Å²) < 4.78 is 0. The van der Waals surface area contributed by atoms with Crippen molar-refractivity contribution in [2.45, 2.75) is 70.5 Å². The molecule has 1 aliphatic carbocycles. The molecule has 2 aromatic carbocycles. The number of rotatable bonds is 7. The quantitative estimate of drug-likeness (QED) is 0.216. The second kappa shape index (κ2) is 17.2. The number of fused-ring (bicyclic) bond motifs is 1. The van der Waals surface area contributed by atoms with Gasteiger partial charge in [0.2, 0.25) is 5.91 Å². The summed E-state index contributed by atoms with van der Waals surface area (Å²) in [7, 11) is 5.56. The summed E-state index contributed by atoms with van der Waals surface area (Å²) >= 11 is 0. The highest BCUT2D eigenvalue weighted by Gasteiger charge is 2.43. The number of H-pyrrole nitrogens is 1. The van der Waals surface area contributed by atoms with Crippen LogP contribution in [0.15, 0.2) is 67.3 Å². The number of aromatic amines is 1. The summed E-state index contributed by atoms with van der Waals surface area (Å²) in [5.41, 5.74) is 9.52. The zero-order valence-electron chi connectivity index (χ0n) is 27.9. The molecule has 248 valence electrons. The summed E-state index contributed by atoms with van der Waals surface area (Å²) in [6.07, 6.45) is 10.2. The number of hydrogen-bond donors (Lipinski definition) is 5. The van der Waals surface area contributed by atoms with Gasteiger partial charge in [-0.1, -0.05) is 75.4 Å². The first-order valence-electron chi connectivity index (χ1n) is 15.8. The molecule has 0 bridgehead atoms. The van der Waals surface area contributed by atoms with Crippen LogP contribution in [0.5, 0.6) is 0 Å². The van der Waals surface area contributed by atoms with Crippen LogP contribution in [0.4, 0.5) is 16.3 Å². The highest BCUT2D eigenvalue weighted by Crippen LogP contribution is 2.39. The Labute approximate surface area is 273 Å². The molecule has 11 nitrogen and oxygen atoms in total. The Morgan fingerprint density at radius 1 is 1.02 bits per heavy atom. The Balaban J connectivity index is 0.000000230. The van der Waals surface area contributed by atoms with Crippen LogP contribution in [0, 0.1) is 0 Å². The predicted molar refractivity (Wildman–Crippen MR) is 184 cm³/mol. The molecule has 1 saturated carbocycles. The van der Waals surface area contributed by atoms with Crippen LogP contribution in [0.2, 0.25) is 0 Å². The largest absolute Gasteiger partial charge is 0.382 e. The number of likely N-dealkylation sites (N-methyl/N-ethyl adjacent to an activating group) is 1. The van der Waals surface area contributed by atoms with Gasteiger partial charge in [0.05, 0.1) is 23.8 Å². The van der Waals surface area contributed by atoms with Gasteiger partial charge in [-0.05, 0) is 63.8 Å². The fourth-order valence-electron chi connectivity index (χ4n) is 5.48. The standard InChI is InChI=1S/C18H26N6O.C11H12N2O2.C6H12/c1-18(2)15-13(16(19)22-21-15)10-24(18)17(25)20-14(11-23(3)4)12-8-6-5-7-9-12;1-3-10(14)13-9-6-4-8(5-7-9)11(15)12-2;1-2-4-6-5-3-1/h5-9,14H,10-11H2,1-4H3,(H,20,25)(H3,19,21,22);3-7H,1H2,2H3,(H,12,15)(H,13,14);1-6H2. The van der Waals surface area contributed by atoms with Gasteiger partial charge in [0, 0.05) is 30.4 Å². The summed E-state index contributed by atoms with van der Waals surface area (Å²) in [5, 5.41) is 15.3. The molecule has 11 heteroatoms. The van der Waals surface area contributed by atoms with E-state index < -0.39 is 5.54 Å². The number of carbonyl (C=O) groups excluding carboxylic acids is 3. The van der Waals surface area contributed by atoms with Crippen LogP contribution in [0.3, 0.4) is 0 Å². The van der Waals surface area contributed by atoms with Crippen molar-refractivity contribution >= 4 is 29.4 Å². The van der Waals surface area contributed by atoms with E-state index >= 15 is 0 Å². The molecule has 1 fully saturated rings. The summed E-state index contributed by atoms with van der Waals surface area (Å²) in [4.78, 5) is 39.0. The van der Waals surface area contributed by atoms with Crippen molar-refractivity contribution in [1.29, 1.82) is 0 Å². The summed E-state index contributed by atoms with van der Waals surface area (Å²) in [6.45, 7) is 8.52. The lowest BCUT2D eigenvalue weighted by molar-refractivity contribution is -0.111. The molecule has 46 heavy (non-hydrogen) atoms. The third kappa shape index (κ3) is 9.93. The molecule has 0 radical (unpaired) electrons. The number of urea groups is 1. The zero-order chi connectivity index (χ0) is 33.7. The molecular weight excluding hydrogens is 580 g/mol. The second-order valence-electron chi connectivity index (χ2n) is 12.3. The van der Waals surface area contributed by atoms with E-state index in [1.165, 1.54) is 44.6 Å². The van der Waals surface area contributed by atoms with Gasteiger partial charge in [0.15, 0.2) is 5.82 Å². The van der Waals surface area contributed by atoms with E-state index in [1.807, 2.05) is 58.3 Å². The third-order valence-electron chi connectivity index (χ3n) is 8.12. The smallest absolute Gasteiger partial charge is 0.319 e. The van der Waals surface area contributed by atoms with Crippen molar-refractivity contribution in [3.05, 3.63) is 89.6 Å². The molecular formula is C35H50N8O3. The van der Waals surface area contributed by atoms with E-state index in [-0.39, 0.29) is 23.9 Å². The molecule has 4 amide bonds. The van der Waals surface area contributed by atoms with Crippen molar-refractivity contribution in [1.82, 2.24) is 30.6 Å². The molecule has 1 aliphatic heterocycles. The highest BCUT2D eigenvalue weighted by atomic mass is 16.2. The summed E-state index contributed by atoms with van der Waals surface area (Å²) in [5.74, 6) is 0.0329. The van der Waals surface area contributed by atoms with Crippen LogP contribution < -0.4 is 21.7 Å². The Hall–Kier alpha value is -4.64. The van der Waals surface area contributed by atoms with E-state index in [0.29, 0.717) is 23.6 Å². The minimum atomic E-state index is -0.483. The molecule has 2 heterocycles. The average molecular weight is 631 g/mol. The lowest BCUT2D eigenvalue weighted by Gasteiger charge is -2.34. The number of nitrogens with one attached hydrogen (secondary N) is 4. The van der Waals surface area contributed by atoms with E-state index in [9.17, 15) is 14.4 Å². The van der Waals surface area contributed by atoms with Gasteiger partial charge in [-0.15, -0.1) is 0 Å². The molecule has 5 rings (SSSR count). The fraction of sp³-hybridized carbons (Fsp3) is 0.429. The monoisotopic (exact) mass is 630 g/mol. The second-order valence-corrected chi connectivity index (χ2v) is 12.3. The van der Waals surface area contributed by atoms with Gasteiger partial charge >= 0.3 is 6.03 Å². The lowest BCUT2D eigenvalue weighted by atomic mass is 10.0. The molecule has 6 N–H and O–H groups in total. The number of benzene rings is 2. The topological polar surface area (TPSA) is 148 Å². The number of amides is 4. The number of anilines is 2. The number of nitrogen functional groups attached to an aromatic ring is 1. The number of carbonyl (C=O) groups is 3. The SMILES string of the molecule is C1CCCCC1.C=CC(=O)Nc1ccc(C(=O)NC)cc1.CN(C)CC(NC(=O)N1Cc2c(N)n[nH]c2C1(C)C)c1ccccc1. The number of nitrogens with zero attached hydrogens (tertiary/aromatic N) is 3. The Morgan fingerprint density at radius 2 is 1.61 bits per heavy atom. The molecule has 1 unspecified atom stereocenters. The van der Waals surface area contributed by atoms with Crippen molar-refractivity contribution in [3.8, 4) is 0 Å². The number of aromatic nitrogens is 2. The summed E-state index contributed by atoms with van der Waals surface area (Å²) in [6, 6.07) is 16.4. The maximum absolute atomic E-state index is 13.0. The van der Waals surface area contributed by atoms with E-state index in [0.717, 1.165) is 23.4 Å². The molecule has 3 aromatic rings. The third-order valence-corrected chi connectivity index (χ3v) is 8.12. The van der Waals surface area contributed by atoms with E-state index in [1.54, 1.807) is 36.2 Å². The highest BCUT2D eigenvalue weighted by molar-refractivity contribution is 5.99. The van der Waals surface area contributed by atoms with Crippen LogP contribution in [0.1, 0.15) is 85.6 Å². The van der Waals surface area contributed by atoms with Crippen LogP contribution in [-0.2, 0) is 16.9 Å². The zero-order valence-corrected chi connectivity index (χ0v) is 27.9. The molecule has 2 aliphatic rings. The maximum atomic E-state index is 13.0. The van der Waals surface area contributed by atoms with Crippen molar-refractivity contribution < 1.29 is 14.4 Å². The van der Waals surface area contributed by atoms with E-state index in [4.69, 9.17) is 5.73 Å². The molecule has 0 saturated heterocycles. The Morgan fingerprint density at radius 3 is 2.11 bits per heavy atom. The van der Waals surface area contributed by atoms with Crippen molar-refractivity contribution in [3.63, 3.8) is 0 Å². The van der Waals surface area contributed by atoms with Crippen molar-refractivity contribution in [2.75, 3.05) is 38.7 Å². The molecule has 1 aromatic heterocycles. The van der Waals surface area contributed by atoms with Crippen LogP contribution >= 0.6 is 0 Å². The minimum absolute atomic E-state index is 0.0890. The van der Waals surface area contributed by atoms with Crippen LogP contribution in [-0.4, -0.2) is 65.5 Å².